The standard InChI is InChI=1S/C16H24N2O.2ClH/c1-3-6-16(18-11-9-17-10-12-18)14-7-5-8-15(13-14)19-4-2;;/h3,5,7-8,13,16-17H,1,4,6,9-12H2,2H3;2*1H/t16-;;/m1../s1. The maximum atomic E-state index is 5.61. The largest absolute Gasteiger partial charge is 0.494 e. The molecule has 0 radical (unpaired) electrons. The number of benzene rings is 1. The molecule has 21 heavy (non-hydrogen) atoms. The summed E-state index contributed by atoms with van der Waals surface area (Å²) in [4.78, 5) is 2.53. The van der Waals surface area contributed by atoms with Gasteiger partial charge < -0.3 is 10.1 Å². The van der Waals surface area contributed by atoms with Crippen LogP contribution in [0.15, 0.2) is 36.9 Å². The number of ether oxygens (including phenoxy) is 1. The number of piperazine rings is 1. The number of hydrogen-bond acceptors (Lipinski definition) is 3. The van der Waals surface area contributed by atoms with Gasteiger partial charge in [-0.2, -0.15) is 0 Å². The second-order valence-corrected chi connectivity index (χ2v) is 4.83. The summed E-state index contributed by atoms with van der Waals surface area (Å²) in [5.41, 5.74) is 1.33. The van der Waals surface area contributed by atoms with E-state index in [4.69, 9.17) is 4.74 Å². The van der Waals surface area contributed by atoms with Crippen molar-refractivity contribution in [3.8, 4) is 5.75 Å². The van der Waals surface area contributed by atoms with Crippen LogP contribution in [-0.2, 0) is 0 Å². The first-order chi connectivity index (χ1) is 9.35. The van der Waals surface area contributed by atoms with Crippen LogP contribution in [0.4, 0.5) is 0 Å². The molecule has 0 amide bonds. The Hall–Kier alpha value is -0.740. The highest BCUT2D eigenvalue weighted by atomic mass is 35.5. The van der Waals surface area contributed by atoms with E-state index >= 15 is 0 Å². The SMILES string of the molecule is C=CC[C@H](c1cccc(OCC)c1)N1CCNCC1.Cl.Cl. The fourth-order valence-corrected chi connectivity index (χ4v) is 2.63. The second kappa shape index (κ2) is 10.9. The van der Waals surface area contributed by atoms with Crippen molar-refractivity contribution in [1.29, 1.82) is 0 Å². The summed E-state index contributed by atoms with van der Waals surface area (Å²) in [6.45, 7) is 11.0. The molecule has 1 aromatic carbocycles. The van der Waals surface area contributed by atoms with E-state index in [2.05, 4.69) is 35.0 Å². The summed E-state index contributed by atoms with van der Waals surface area (Å²) in [5, 5.41) is 3.40. The van der Waals surface area contributed by atoms with E-state index < -0.39 is 0 Å². The van der Waals surface area contributed by atoms with Crippen LogP contribution in [0.5, 0.6) is 5.75 Å². The number of rotatable bonds is 6. The van der Waals surface area contributed by atoms with Crippen LogP contribution in [0.1, 0.15) is 24.9 Å². The van der Waals surface area contributed by atoms with Crippen molar-refractivity contribution in [3.05, 3.63) is 42.5 Å². The van der Waals surface area contributed by atoms with Gasteiger partial charge in [-0.3, -0.25) is 4.90 Å². The highest BCUT2D eigenvalue weighted by Crippen LogP contribution is 2.27. The van der Waals surface area contributed by atoms with Gasteiger partial charge in [-0.05, 0) is 31.0 Å². The van der Waals surface area contributed by atoms with Gasteiger partial charge in [0, 0.05) is 32.2 Å². The van der Waals surface area contributed by atoms with Crippen LogP contribution >= 0.6 is 24.8 Å². The average molecular weight is 333 g/mol. The molecule has 0 spiro atoms. The van der Waals surface area contributed by atoms with Crippen molar-refractivity contribution < 1.29 is 4.74 Å². The summed E-state index contributed by atoms with van der Waals surface area (Å²) in [6.07, 6.45) is 3.00. The summed E-state index contributed by atoms with van der Waals surface area (Å²) in [6, 6.07) is 8.88. The highest BCUT2D eigenvalue weighted by Gasteiger charge is 2.21. The van der Waals surface area contributed by atoms with Crippen LogP contribution in [0, 0.1) is 0 Å². The molecule has 1 atom stereocenters. The molecule has 0 saturated carbocycles. The smallest absolute Gasteiger partial charge is 0.119 e. The lowest BCUT2D eigenvalue weighted by atomic mass is 10.0. The van der Waals surface area contributed by atoms with Crippen LogP contribution in [0.25, 0.3) is 0 Å². The molecule has 0 bridgehead atoms. The summed E-state index contributed by atoms with van der Waals surface area (Å²) >= 11 is 0. The van der Waals surface area contributed by atoms with Gasteiger partial charge in [0.2, 0.25) is 0 Å². The summed E-state index contributed by atoms with van der Waals surface area (Å²) < 4.78 is 5.61. The molecule has 1 aliphatic rings. The number of nitrogens with one attached hydrogen (secondary N) is 1. The molecule has 1 saturated heterocycles. The lowest BCUT2D eigenvalue weighted by Crippen LogP contribution is -2.45. The maximum absolute atomic E-state index is 5.61. The molecule has 0 aromatic heterocycles. The maximum Gasteiger partial charge on any atom is 0.119 e. The zero-order chi connectivity index (χ0) is 13.5. The molecule has 5 heteroatoms. The van der Waals surface area contributed by atoms with Gasteiger partial charge in [0.05, 0.1) is 6.61 Å². The van der Waals surface area contributed by atoms with Crippen molar-refractivity contribution in [2.75, 3.05) is 32.8 Å². The van der Waals surface area contributed by atoms with E-state index in [1.54, 1.807) is 0 Å². The Labute approximate surface area is 140 Å². The van der Waals surface area contributed by atoms with E-state index in [0.717, 1.165) is 38.3 Å². The van der Waals surface area contributed by atoms with Gasteiger partial charge in [0.15, 0.2) is 0 Å². The monoisotopic (exact) mass is 332 g/mol. The molecule has 1 heterocycles. The average Bonchev–Trinajstić information content (AvgIpc) is 2.46. The van der Waals surface area contributed by atoms with Gasteiger partial charge in [-0.15, -0.1) is 31.4 Å². The number of nitrogens with zero attached hydrogens (tertiary/aromatic N) is 1. The first-order valence-electron chi connectivity index (χ1n) is 7.13. The van der Waals surface area contributed by atoms with E-state index in [1.165, 1.54) is 5.56 Å². The topological polar surface area (TPSA) is 24.5 Å². The number of halogens is 2. The summed E-state index contributed by atoms with van der Waals surface area (Å²) in [5.74, 6) is 0.962. The third-order valence-corrected chi connectivity index (χ3v) is 3.54. The van der Waals surface area contributed by atoms with Gasteiger partial charge in [-0.25, -0.2) is 0 Å². The van der Waals surface area contributed by atoms with E-state index in [1.807, 2.05) is 19.1 Å². The molecular formula is C16H26Cl2N2O. The fourth-order valence-electron chi connectivity index (χ4n) is 2.63. The lowest BCUT2D eigenvalue weighted by molar-refractivity contribution is 0.174. The molecule has 120 valence electrons. The number of hydrogen-bond donors (Lipinski definition) is 1. The predicted molar refractivity (Wildman–Crippen MR) is 94.1 cm³/mol. The van der Waals surface area contributed by atoms with E-state index in [0.29, 0.717) is 12.6 Å². The third kappa shape index (κ3) is 5.87. The molecule has 3 nitrogen and oxygen atoms in total. The normalized spacial score (nSPS) is 16.2. The van der Waals surface area contributed by atoms with Crippen molar-refractivity contribution in [1.82, 2.24) is 10.2 Å². The second-order valence-electron chi connectivity index (χ2n) is 4.83. The molecular weight excluding hydrogens is 307 g/mol. The van der Waals surface area contributed by atoms with Gasteiger partial charge in [0.25, 0.3) is 0 Å². The van der Waals surface area contributed by atoms with Gasteiger partial charge in [0.1, 0.15) is 5.75 Å². The van der Waals surface area contributed by atoms with Crippen LogP contribution in [-0.4, -0.2) is 37.7 Å². The van der Waals surface area contributed by atoms with Crippen LogP contribution < -0.4 is 10.1 Å². The predicted octanol–water partition coefficient (Wildman–Crippen LogP) is 3.45. The molecule has 2 rings (SSSR count). The quantitative estimate of drug-likeness (QED) is 0.807. The molecule has 1 N–H and O–H groups in total. The minimum atomic E-state index is 0. The Kier molecular flexibility index (Phi) is 10.5. The minimum absolute atomic E-state index is 0. The van der Waals surface area contributed by atoms with Gasteiger partial charge in [-0.1, -0.05) is 18.2 Å². The molecule has 0 aliphatic carbocycles. The van der Waals surface area contributed by atoms with E-state index in [9.17, 15) is 0 Å². The Morgan fingerprint density at radius 3 is 2.67 bits per heavy atom. The summed E-state index contributed by atoms with van der Waals surface area (Å²) in [7, 11) is 0. The van der Waals surface area contributed by atoms with Crippen molar-refractivity contribution in [2.24, 2.45) is 0 Å². The highest BCUT2D eigenvalue weighted by molar-refractivity contribution is 5.85. The zero-order valence-corrected chi connectivity index (χ0v) is 14.2. The Bertz CT molecular complexity index is 409. The van der Waals surface area contributed by atoms with E-state index in [-0.39, 0.29) is 24.8 Å². The molecule has 1 aliphatic heterocycles. The first-order valence-corrected chi connectivity index (χ1v) is 7.13. The van der Waals surface area contributed by atoms with Crippen LogP contribution in [0.3, 0.4) is 0 Å². The minimum Gasteiger partial charge on any atom is -0.494 e. The third-order valence-electron chi connectivity index (χ3n) is 3.54. The molecule has 1 aromatic rings. The van der Waals surface area contributed by atoms with Crippen molar-refractivity contribution in [3.63, 3.8) is 0 Å². The van der Waals surface area contributed by atoms with Crippen molar-refractivity contribution >= 4 is 24.8 Å². The molecule has 0 unspecified atom stereocenters. The van der Waals surface area contributed by atoms with Crippen LogP contribution in [0.2, 0.25) is 0 Å². The lowest BCUT2D eigenvalue weighted by Gasteiger charge is -2.35. The Morgan fingerprint density at radius 1 is 1.33 bits per heavy atom. The zero-order valence-electron chi connectivity index (χ0n) is 12.6. The van der Waals surface area contributed by atoms with Gasteiger partial charge >= 0.3 is 0 Å². The molecule has 1 fully saturated rings. The fraction of sp³-hybridized carbons (Fsp3) is 0.500. The first kappa shape index (κ1) is 20.3. The Balaban J connectivity index is 0.00000200. The van der Waals surface area contributed by atoms with Crippen molar-refractivity contribution in [2.45, 2.75) is 19.4 Å². The Morgan fingerprint density at radius 2 is 2.05 bits per heavy atom.